The molecule has 0 saturated heterocycles. The van der Waals surface area contributed by atoms with E-state index in [2.05, 4.69) is 0 Å². The second-order valence-corrected chi connectivity index (χ2v) is 6.85. The van der Waals surface area contributed by atoms with Crippen molar-refractivity contribution in [3.63, 3.8) is 0 Å². The summed E-state index contributed by atoms with van der Waals surface area (Å²) in [5.41, 5.74) is -10.2. The SMILES string of the molecule is CC1(C(=O)O)C(F)=C(S(=O)(=O)O)C(F)C(C)(C(=O)O)C1(C)F. The van der Waals surface area contributed by atoms with Gasteiger partial charge in [-0.15, -0.1) is 0 Å². The molecule has 0 fully saturated rings. The molecule has 0 spiro atoms. The summed E-state index contributed by atoms with van der Waals surface area (Å²) in [6.07, 6.45) is -3.33. The molecular formula is C11H13F3O7S. The van der Waals surface area contributed by atoms with Gasteiger partial charge in [-0.25, -0.2) is 13.2 Å². The second kappa shape index (κ2) is 4.69. The van der Waals surface area contributed by atoms with E-state index in [9.17, 15) is 31.2 Å². The molecule has 0 amide bonds. The van der Waals surface area contributed by atoms with Gasteiger partial charge in [0.2, 0.25) is 0 Å². The Bertz CT molecular complexity index is 684. The van der Waals surface area contributed by atoms with E-state index in [0.29, 0.717) is 20.8 Å². The van der Waals surface area contributed by atoms with E-state index in [4.69, 9.17) is 14.8 Å². The van der Waals surface area contributed by atoms with Crippen molar-refractivity contribution in [1.29, 1.82) is 0 Å². The normalized spacial score (nSPS) is 39.7. The predicted molar refractivity (Wildman–Crippen MR) is 65.6 cm³/mol. The molecule has 0 aromatic heterocycles. The van der Waals surface area contributed by atoms with Crippen LogP contribution in [0.1, 0.15) is 20.8 Å². The van der Waals surface area contributed by atoms with Crippen molar-refractivity contribution in [3.8, 4) is 0 Å². The van der Waals surface area contributed by atoms with Gasteiger partial charge in [0.1, 0.15) is 21.8 Å². The molecule has 4 atom stereocenters. The lowest BCUT2D eigenvalue weighted by Crippen LogP contribution is -2.66. The minimum atomic E-state index is -5.65. The van der Waals surface area contributed by atoms with Crippen molar-refractivity contribution in [3.05, 3.63) is 10.7 Å². The molecule has 7 nitrogen and oxygen atoms in total. The van der Waals surface area contributed by atoms with Gasteiger partial charge in [-0.05, 0) is 20.8 Å². The molecule has 0 saturated carbocycles. The molecule has 0 bridgehead atoms. The van der Waals surface area contributed by atoms with Crippen molar-refractivity contribution < 1.29 is 45.9 Å². The van der Waals surface area contributed by atoms with Crippen molar-refractivity contribution in [1.82, 2.24) is 0 Å². The van der Waals surface area contributed by atoms with Crippen LogP contribution in [0.2, 0.25) is 0 Å². The lowest BCUT2D eigenvalue weighted by Gasteiger charge is -2.50. The topological polar surface area (TPSA) is 129 Å². The van der Waals surface area contributed by atoms with Gasteiger partial charge in [0.15, 0.2) is 11.6 Å². The molecular weight excluding hydrogens is 333 g/mol. The number of rotatable bonds is 3. The Labute approximate surface area is 123 Å². The first kappa shape index (κ1) is 18.4. The first-order chi connectivity index (χ1) is 9.57. The van der Waals surface area contributed by atoms with Gasteiger partial charge in [0.05, 0.1) is 0 Å². The smallest absolute Gasteiger partial charge is 0.319 e. The fraction of sp³-hybridized carbons (Fsp3) is 0.636. The Balaban J connectivity index is 4.07. The third-order valence-electron chi connectivity index (χ3n) is 4.46. The summed E-state index contributed by atoms with van der Waals surface area (Å²) in [7, 11) is -5.65. The monoisotopic (exact) mass is 346 g/mol. The summed E-state index contributed by atoms with van der Waals surface area (Å²) in [4.78, 5) is 20.5. The van der Waals surface area contributed by atoms with Gasteiger partial charge >= 0.3 is 11.9 Å². The number of aliphatic carboxylic acids is 2. The van der Waals surface area contributed by atoms with Gasteiger partial charge in [0, 0.05) is 0 Å². The molecule has 4 unspecified atom stereocenters. The fourth-order valence-electron chi connectivity index (χ4n) is 2.43. The van der Waals surface area contributed by atoms with E-state index in [0.717, 1.165) is 0 Å². The lowest BCUT2D eigenvalue weighted by atomic mass is 9.55. The molecule has 3 N–H and O–H groups in total. The Morgan fingerprint density at radius 3 is 1.82 bits per heavy atom. The number of carbonyl (C=O) groups is 2. The van der Waals surface area contributed by atoms with Crippen molar-refractivity contribution in [2.45, 2.75) is 32.6 Å². The summed E-state index contributed by atoms with van der Waals surface area (Å²) < 4.78 is 74.8. The third kappa shape index (κ3) is 1.88. The van der Waals surface area contributed by atoms with E-state index in [1.165, 1.54) is 0 Å². The largest absolute Gasteiger partial charge is 0.481 e. The van der Waals surface area contributed by atoms with Crippen LogP contribution in [-0.4, -0.2) is 47.0 Å². The zero-order chi connectivity index (χ0) is 17.9. The molecule has 0 aliphatic heterocycles. The number of alkyl halides is 2. The molecule has 1 aliphatic carbocycles. The number of allylic oxidation sites excluding steroid dienone is 1. The summed E-state index contributed by atoms with van der Waals surface area (Å²) in [6.45, 7) is 1.13. The molecule has 11 heteroatoms. The van der Waals surface area contributed by atoms with Crippen LogP contribution < -0.4 is 0 Å². The molecule has 1 aliphatic rings. The zero-order valence-electron chi connectivity index (χ0n) is 11.6. The fourth-order valence-corrected chi connectivity index (χ4v) is 3.36. The Hall–Kier alpha value is -1.62. The van der Waals surface area contributed by atoms with Crippen molar-refractivity contribution in [2.75, 3.05) is 0 Å². The highest BCUT2D eigenvalue weighted by atomic mass is 32.2. The van der Waals surface area contributed by atoms with E-state index in [1.54, 1.807) is 0 Å². The number of carboxylic acids is 2. The van der Waals surface area contributed by atoms with Crippen molar-refractivity contribution >= 4 is 22.1 Å². The molecule has 0 aromatic carbocycles. The highest BCUT2D eigenvalue weighted by Gasteiger charge is 2.75. The maximum Gasteiger partial charge on any atom is 0.319 e. The first-order valence-corrected chi connectivity index (χ1v) is 7.19. The molecule has 126 valence electrons. The van der Waals surface area contributed by atoms with Crippen LogP contribution in [-0.2, 0) is 19.7 Å². The van der Waals surface area contributed by atoms with E-state index in [1.807, 2.05) is 0 Å². The van der Waals surface area contributed by atoms with Crippen LogP contribution in [0, 0.1) is 10.8 Å². The van der Waals surface area contributed by atoms with E-state index >= 15 is 0 Å². The summed E-state index contributed by atoms with van der Waals surface area (Å²) in [5.74, 6) is -6.78. The van der Waals surface area contributed by atoms with Crippen LogP contribution in [0.4, 0.5) is 13.2 Å². The minimum absolute atomic E-state index is 0.349. The van der Waals surface area contributed by atoms with Crippen LogP contribution in [0.5, 0.6) is 0 Å². The van der Waals surface area contributed by atoms with Gasteiger partial charge in [-0.3, -0.25) is 14.1 Å². The number of carboxylic acid groups (broad SMARTS) is 2. The Morgan fingerprint density at radius 1 is 1.14 bits per heavy atom. The van der Waals surface area contributed by atoms with Crippen LogP contribution in [0.25, 0.3) is 0 Å². The lowest BCUT2D eigenvalue weighted by molar-refractivity contribution is -0.188. The quantitative estimate of drug-likeness (QED) is 0.657. The van der Waals surface area contributed by atoms with E-state index in [-0.39, 0.29) is 0 Å². The van der Waals surface area contributed by atoms with Gasteiger partial charge in [-0.1, -0.05) is 0 Å². The number of hydrogen-bond donors (Lipinski definition) is 3. The van der Waals surface area contributed by atoms with Crippen molar-refractivity contribution in [2.24, 2.45) is 10.8 Å². The van der Waals surface area contributed by atoms with Crippen LogP contribution in [0.3, 0.4) is 0 Å². The maximum absolute atomic E-state index is 15.0. The highest BCUT2D eigenvalue weighted by Crippen LogP contribution is 2.60. The minimum Gasteiger partial charge on any atom is -0.481 e. The Morgan fingerprint density at radius 2 is 1.55 bits per heavy atom. The first-order valence-electron chi connectivity index (χ1n) is 5.75. The standard InChI is InChI=1S/C11H13F3O7S/c1-9(7(15)16)5(12)4(22(19,20)21)6(13)10(2,8(17)18)11(9,3)14/h5H,1-3H3,(H,15,16)(H,17,18)(H,19,20,21). The summed E-state index contributed by atoms with van der Waals surface area (Å²) in [6, 6.07) is 0. The maximum atomic E-state index is 15.0. The molecule has 1 rings (SSSR count). The average molecular weight is 346 g/mol. The number of halogens is 3. The third-order valence-corrected chi connectivity index (χ3v) is 5.40. The molecule has 0 aromatic rings. The number of hydrogen-bond acceptors (Lipinski definition) is 4. The zero-order valence-corrected chi connectivity index (χ0v) is 12.4. The van der Waals surface area contributed by atoms with Gasteiger partial charge in [-0.2, -0.15) is 8.42 Å². The molecule has 0 radical (unpaired) electrons. The summed E-state index contributed by atoms with van der Waals surface area (Å²) in [5, 5.41) is 18.2. The highest BCUT2D eigenvalue weighted by molar-refractivity contribution is 7.89. The summed E-state index contributed by atoms with van der Waals surface area (Å²) >= 11 is 0. The molecule has 0 heterocycles. The van der Waals surface area contributed by atoms with Gasteiger partial charge in [0.25, 0.3) is 10.1 Å². The van der Waals surface area contributed by atoms with E-state index < -0.39 is 55.5 Å². The second-order valence-electron chi connectivity index (χ2n) is 5.46. The predicted octanol–water partition coefficient (Wildman–Crippen LogP) is 1.32. The molecule has 22 heavy (non-hydrogen) atoms. The van der Waals surface area contributed by atoms with Gasteiger partial charge < -0.3 is 10.2 Å². The Kier molecular flexibility index (Phi) is 3.93. The van der Waals surface area contributed by atoms with Crippen LogP contribution >= 0.6 is 0 Å². The average Bonchev–Trinajstić information content (AvgIpc) is 2.32. The van der Waals surface area contributed by atoms with Crippen LogP contribution in [0.15, 0.2) is 10.7 Å².